The van der Waals surface area contributed by atoms with Crippen LogP contribution in [0.5, 0.6) is 0 Å². The molecule has 1 aliphatic carbocycles. The first-order valence-corrected chi connectivity index (χ1v) is 10.3. The van der Waals surface area contributed by atoms with E-state index < -0.39 is 10.0 Å². The second-order valence-corrected chi connectivity index (χ2v) is 8.03. The SMILES string of the molecule is CCOC(=O)COC1CCC(CCNS(=O)(=O)c2ccccc2)CC1. The average molecular weight is 369 g/mol. The van der Waals surface area contributed by atoms with Gasteiger partial charge in [-0.1, -0.05) is 18.2 Å². The van der Waals surface area contributed by atoms with E-state index in [0.717, 1.165) is 32.1 Å². The van der Waals surface area contributed by atoms with Crippen molar-refractivity contribution in [2.24, 2.45) is 5.92 Å². The van der Waals surface area contributed by atoms with Crippen molar-refractivity contribution in [2.45, 2.75) is 50.0 Å². The number of hydrogen-bond donors (Lipinski definition) is 1. The van der Waals surface area contributed by atoms with Gasteiger partial charge < -0.3 is 9.47 Å². The van der Waals surface area contributed by atoms with Crippen molar-refractivity contribution in [2.75, 3.05) is 19.8 Å². The van der Waals surface area contributed by atoms with Gasteiger partial charge in [-0.15, -0.1) is 0 Å². The highest BCUT2D eigenvalue weighted by molar-refractivity contribution is 7.89. The molecule has 0 bridgehead atoms. The number of ether oxygens (including phenoxy) is 2. The Hall–Kier alpha value is -1.44. The summed E-state index contributed by atoms with van der Waals surface area (Å²) in [6.07, 6.45) is 4.68. The quantitative estimate of drug-likeness (QED) is 0.676. The summed E-state index contributed by atoms with van der Waals surface area (Å²) in [5, 5.41) is 0. The fourth-order valence-electron chi connectivity index (χ4n) is 3.06. The summed E-state index contributed by atoms with van der Waals surface area (Å²) < 4.78 is 37.4. The van der Waals surface area contributed by atoms with Crippen molar-refractivity contribution in [3.05, 3.63) is 30.3 Å². The zero-order chi connectivity index (χ0) is 18.1. The molecular formula is C18H27NO5S. The standard InChI is InChI=1S/C18H27NO5S/c1-2-23-18(20)14-24-16-10-8-15(9-11-16)12-13-19-25(21,22)17-6-4-3-5-7-17/h3-7,15-16,19H,2,8-14H2,1H3. The third-order valence-electron chi connectivity index (χ3n) is 4.43. The minimum Gasteiger partial charge on any atom is -0.464 e. The molecule has 0 aliphatic heterocycles. The van der Waals surface area contributed by atoms with Gasteiger partial charge in [0.25, 0.3) is 0 Å². The summed E-state index contributed by atoms with van der Waals surface area (Å²) in [6, 6.07) is 8.41. The van der Waals surface area contributed by atoms with Crippen molar-refractivity contribution in [3.63, 3.8) is 0 Å². The molecule has 0 spiro atoms. The van der Waals surface area contributed by atoms with Crippen LogP contribution in [-0.4, -0.2) is 40.2 Å². The lowest BCUT2D eigenvalue weighted by atomic mass is 9.85. The van der Waals surface area contributed by atoms with Crippen LogP contribution in [0.3, 0.4) is 0 Å². The Labute approximate surface area is 150 Å². The fraction of sp³-hybridized carbons (Fsp3) is 0.611. The Morgan fingerprint density at radius 1 is 1.16 bits per heavy atom. The highest BCUT2D eigenvalue weighted by Crippen LogP contribution is 2.28. The normalized spacial score (nSPS) is 21.0. The molecule has 140 valence electrons. The van der Waals surface area contributed by atoms with Crippen LogP contribution < -0.4 is 4.72 Å². The Morgan fingerprint density at radius 3 is 2.48 bits per heavy atom. The van der Waals surface area contributed by atoms with Gasteiger partial charge in [-0.2, -0.15) is 0 Å². The zero-order valence-corrected chi connectivity index (χ0v) is 15.5. The number of esters is 1. The van der Waals surface area contributed by atoms with Crippen LogP contribution in [0.25, 0.3) is 0 Å². The van der Waals surface area contributed by atoms with Gasteiger partial charge in [-0.05, 0) is 57.1 Å². The lowest BCUT2D eigenvalue weighted by Crippen LogP contribution is -2.29. The Bertz CT molecular complexity index is 624. The summed E-state index contributed by atoms with van der Waals surface area (Å²) in [5.41, 5.74) is 0. The summed E-state index contributed by atoms with van der Waals surface area (Å²) >= 11 is 0. The molecule has 1 N–H and O–H groups in total. The first-order valence-electron chi connectivity index (χ1n) is 8.83. The van der Waals surface area contributed by atoms with Gasteiger partial charge in [0.2, 0.25) is 10.0 Å². The molecule has 7 heteroatoms. The largest absolute Gasteiger partial charge is 0.464 e. The molecule has 0 unspecified atom stereocenters. The van der Waals surface area contributed by atoms with Gasteiger partial charge in [0.1, 0.15) is 6.61 Å². The average Bonchev–Trinajstić information content (AvgIpc) is 2.62. The fourth-order valence-corrected chi connectivity index (χ4v) is 4.12. The number of sulfonamides is 1. The maximum absolute atomic E-state index is 12.2. The molecule has 0 aromatic heterocycles. The van der Waals surface area contributed by atoms with Gasteiger partial charge in [-0.25, -0.2) is 17.9 Å². The van der Waals surface area contributed by atoms with Crippen LogP contribution in [0, 0.1) is 5.92 Å². The van der Waals surface area contributed by atoms with E-state index in [0.29, 0.717) is 24.0 Å². The molecule has 0 heterocycles. The van der Waals surface area contributed by atoms with Crippen LogP contribution >= 0.6 is 0 Å². The molecule has 1 aromatic rings. The monoisotopic (exact) mass is 369 g/mol. The predicted molar refractivity (Wildman–Crippen MR) is 94.6 cm³/mol. The van der Waals surface area contributed by atoms with E-state index in [4.69, 9.17) is 9.47 Å². The molecule has 0 radical (unpaired) electrons. The predicted octanol–water partition coefficient (Wildman–Crippen LogP) is 2.49. The summed E-state index contributed by atoms with van der Waals surface area (Å²) in [6.45, 7) is 2.60. The molecule has 6 nitrogen and oxygen atoms in total. The van der Waals surface area contributed by atoms with E-state index in [1.165, 1.54) is 0 Å². The lowest BCUT2D eigenvalue weighted by molar-refractivity contribution is -0.151. The molecule has 0 amide bonds. The Morgan fingerprint density at radius 2 is 1.84 bits per heavy atom. The van der Waals surface area contributed by atoms with Crippen molar-refractivity contribution in [3.8, 4) is 0 Å². The van der Waals surface area contributed by atoms with Crippen LogP contribution in [0.15, 0.2) is 35.2 Å². The zero-order valence-electron chi connectivity index (χ0n) is 14.6. The minimum atomic E-state index is -3.42. The van der Waals surface area contributed by atoms with Crippen LogP contribution in [0.4, 0.5) is 0 Å². The van der Waals surface area contributed by atoms with E-state index in [9.17, 15) is 13.2 Å². The van der Waals surface area contributed by atoms with E-state index >= 15 is 0 Å². The molecule has 25 heavy (non-hydrogen) atoms. The number of carbonyl (C=O) groups excluding carboxylic acids is 1. The van der Waals surface area contributed by atoms with E-state index in [-0.39, 0.29) is 18.7 Å². The number of rotatable bonds is 9. The number of benzene rings is 1. The van der Waals surface area contributed by atoms with Crippen LogP contribution in [-0.2, 0) is 24.3 Å². The first-order chi connectivity index (χ1) is 12.0. The summed E-state index contributed by atoms with van der Waals surface area (Å²) in [5.74, 6) is 0.167. The molecule has 2 rings (SSSR count). The van der Waals surface area contributed by atoms with Crippen molar-refractivity contribution < 1.29 is 22.7 Å². The third-order valence-corrected chi connectivity index (χ3v) is 5.91. The molecule has 0 saturated heterocycles. The van der Waals surface area contributed by atoms with Crippen molar-refractivity contribution >= 4 is 16.0 Å². The highest BCUT2D eigenvalue weighted by Gasteiger charge is 2.23. The smallest absolute Gasteiger partial charge is 0.332 e. The van der Waals surface area contributed by atoms with Crippen molar-refractivity contribution in [1.29, 1.82) is 0 Å². The van der Waals surface area contributed by atoms with Crippen LogP contribution in [0.1, 0.15) is 39.0 Å². The lowest BCUT2D eigenvalue weighted by Gasteiger charge is -2.28. The Kier molecular flexibility index (Phi) is 7.87. The maximum atomic E-state index is 12.2. The van der Waals surface area contributed by atoms with E-state index in [2.05, 4.69) is 4.72 Å². The second kappa shape index (κ2) is 9.89. The van der Waals surface area contributed by atoms with Crippen LogP contribution in [0.2, 0.25) is 0 Å². The number of hydrogen-bond acceptors (Lipinski definition) is 5. The number of nitrogens with one attached hydrogen (secondary N) is 1. The van der Waals surface area contributed by atoms with Gasteiger partial charge in [0.15, 0.2) is 0 Å². The number of carbonyl (C=O) groups is 1. The molecule has 1 aromatic carbocycles. The van der Waals surface area contributed by atoms with Gasteiger partial charge in [-0.3, -0.25) is 0 Å². The maximum Gasteiger partial charge on any atom is 0.332 e. The minimum absolute atomic E-state index is 0.0139. The molecule has 1 saturated carbocycles. The highest BCUT2D eigenvalue weighted by atomic mass is 32.2. The Balaban J connectivity index is 1.65. The van der Waals surface area contributed by atoms with E-state index in [1.54, 1.807) is 37.3 Å². The molecule has 1 fully saturated rings. The first kappa shape index (κ1) is 19.9. The van der Waals surface area contributed by atoms with Gasteiger partial charge in [0, 0.05) is 6.54 Å². The van der Waals surface area contributed by atoms with Gasteiger partial charge in [0.05, 0.1) is 17.6 Å². The topological polar surface area (TPSA) is 81.7 Å². The summed E-state index contributed by atoms with van der Waals surface area (Å²) in [4.78, 5) is 11.6. The van der Waals surface area contributed by atoms with Crippen molar-refractivity contribution in [1.82, 2.24) is 4.72 Å². The summed E-state index contributed by atoms with van der Waals surface area (Å²) in [7, 11) is -3.42. The molecule has 1 aliphatic rings. The third kappa shape index (κ3) is 6.76. The second-order valence-electron chi connectivity index (χ2n) is 6.26. The van der Waals surface area contributed by atoms with Gasteiger partial charge >= 0.3 is 5.97 Å². The molecule has 0 atom stereocenters. The molecular weight excluding hydrogens is 342 g/mol. The van der Waals surface area contributed by atoms with E-state index in [1.807, 2.05) is 0 Å².